The molecule has 2 heterocycles. The number of carbonyl (C=O) groups is 1. The van der Waals surface area contributed by atoms with Gasteiger partial charge in [0, 0.05) is 24.6 Å². The molecule has 134 valence electrons. The third kappa shape index (κ3) is 3.58. The predicted octanol–water partition coefficient (Wildman–Crippen LogP) is 4.46. The lowest BCUT2D eigenvalue weighted by atomic mass is 9.96. The van der Waals surface area contributed by atoms with Crippen molar-refractivity contribution in [2.45, 2.75) is 77.3 Å². The Kier molecular flexibility index (Phi) is 4.78. The Morgan fingerprint density at radius 1 is 1.12 bits per heavy atom. The zero-order valence-electron chi connectivity index (χ0n) is 15.3. The largest absolute Gasteiger partial charge is 0.349 e. The van der Waals surface area contributed by atoms with E-state index in [1.807, 2.05) is 12.1 Å². The molecule has 0 spiro atoms. The molecule has 4 heteroatoms. The zero-order valence-corrected chi connectivity index (χ0v) is 15.3. The Hall–Kier alpha value is -1.84. The molecule has 1 aliphatic carbocycles. The lowest BCUT2D eigenvalue weighted by Crippen LogP contribution is -2.35. The molecule has 4 nitrogen and oxygen atoms in total. The molecule has 0 bridgehead atoms. The van der Waals surface area contributed by atoms with Crippen LogP contribution in [-0.2, 0) is 13.0 Å². The Labute approximate surface area is 150 Å². The van der Waals surface area contributed by atoms with Gasteiger partial charge in [-0.2, -0.15) is 0 Å². The van der Waals surface area contributed by atoms with Crippen molar-refractivity contribution in [1.29, 1.82) is 0 Å². The van der Waals surface area contributed by atoms with Crippen LogP contribution in [0.5, 0.6) is 0 Å². The fourth-order valence-corrected chi connectivity index (χ4v) is 4.36. The highest BCUT2D eigenvalue weighted by Gasteiger charge is 2.20. The maximum absolute atomic E-state index is 12.7. The van der Waals surface area contributed by atoms with Crippen molar-refractivity contribution in [2.24, 2.45) is 5.92 Å². The van der Waals surface area contributed by atoms with Crippen molar-refractivity contribution in [3.05, 3.63) is 29.6 Å². The number of aryl methyl sites for hydroxylation is 1. The van der Waals surface area contributed by atoms with Gasteiger partial charge < -0.3 is 9.88 Å². The molecule has 1 amide bonds. The molecule has 2 aromatic rings. The first kappa shape index (κ1) is 16.6. The van der Waals surface area contributed by atoms with Crippen LogP contribution in [0.1, 0.15) is 74.5 Å². The van der Waals surface area contributed by atoms with Crippen LogP contribution in [0.3, 0.4) is 0 Å². The molecule has 2 aliphatic rings. The molecule has 1 fully saturated rings. The lowest BCUT2D eigenvalue weighted by molar-refractivity contribution is 0.0930. The highest BCUT2D eigenvalue weighted by atomic mass is 16.1. The van der Waals surface area contributed by atoms with Gasteiger partial charge in [-0.25, -0.2) is 4.98 Å². The van der Waals surface area contributed by atoms with Crippen molar-refractivity contribution in [2.75, 3.05) is 0 Å². The van der Waals surface area contributed by atoms with Gasteiger partial charge in [-0.3, -0.25) is 4.79 Å². The molecule has 4 rings (SSSR count). The smallest absolute Gasteiger partial charge is 0.251 e. The quantitative estimate of drug-likeness (QED) is 0.878. The van der Waals surface area contributed by atoms with Crippen LogP contribution in [0.2, 0.25) is 0 Å². The molecule has 1 aromatic carbocycles. The van der Waals surface area contributed by atoms with Gasteiger partial charge in [0.05, 0.1) is 11.0 Å². The number of nitrogens with zero attached hydrogens (tertiary/aromatic N) is 2. The second-order valence-electron chi connectivity index (χ2n) is 8.00. The number of hydrogen-bond donors (Lipinski definition) is 1. The van der Waals surface area contributed by atoms with Crippen molar-refractivity contribution >= 4 is 16.9 Å². The summed E-state index contributed by atoms with van der Waals surface area (Å²) < 4.78 is 2.33. The fraction of sp³-hybridized carbons (Fsp3) is 0.619. The number of rotatable bonds is 2. The van der Waals surface area contributed by atoms with Crippen LogP contribution in [0.4, 0.5) is 0 Å². The summed E-state index contributed by atoms with van der Waals surface area (Å²) in [4.78, 5) is 17.5. The SMILES string of the molecule is CC1CCn2c(nc3cc(C(=O)NC4CCCCCCC4)ccc32)C1. The molecular formula is C21H29N3O. The number of aromatic nitrogens is 2. The second kappa shape index (κ2) is 7.19. The zero-order chi connectivity index (χ0) is 17.2. The molecule has 1 aromatic heterocycles. The highest BCUT2D eigenvalue weighted by Crippen LogP contribution is 2.26. The molecule has 1 atom stereocenters. The first-order valence-electron chi connectivity index (χ1n) is 10.0. The number of nitrogens with one attached hydrogen (secondary N) is 1. The summed E-state index contributed by atoms with van der Waals surface area (Å²) in [5, 5.41) is 3.26. The van der Waals surface area contributed by atoms with Gasteiger partial charge in [0.2, 0.25) is 0 Å². The van der Waals surface area contributed by atoms with Crippen LogP contribution in [-0.4, -0.2) is 21.5 Å². The summed E-state index contributed by atoms with van der Waals surface area (Å²) in [6.45, 7) is 3.33. The van der Waals surface area contributed by atoms with E-state index in [1.54, 1.807) is 0 Å². The van der Waals surface area contributed by atoms with Crippen LogP contribution in [0.15, 0.2) is 18.2 Å². The first-order valence-corrected chi connectivity index (χ1v) is 10.0. The van der Waals surface area contributed by atoms with E-state index in [9.17, 15) is 4.79 Å². The maximum atomic E-state index is 12.7. The Balaban J connectivity index is 1.51. The Morgan fingerprint density at radius 3 is 2.68 bits per heavy atom. The van der Waals surface area contributed by atoms with Gasteiger partial charge in [0.1, 0.15) is 5.82 Å². The van der Waals surface area contributed by atoms with E-state index in [4.69, 9.17) is 4.98 Å². The van der Waals surface area contributed by atoms with Crippen LogP contribution >= 0.6 is 0 Å². The number of amides is 1. The summed E-state index contributed by atoms with van der Waals surface area (Å²) in [6.07, 6.45) is 10.9. The van der Waals surface area contributed by atoms with E-state index in [0.717, 1.165) is 36.9 Å². The summed E-state index contributed by atoms with van der Waals surface area (Å²) >= 11 is 0. The summed E-state index contributed by atoms with van der Waals surface area (Å²) in [5.74, 6) is 1.93. The van der Waals surface area contributed by atoms with Crippen molar-refractivity contribution < 1.29 is 4.79 Å². The molecule has 1 unspecified atom stereocenters. The minimum absolute atomic E-state index is 0.0619. The monoisotopic (exact) mass is 339 g/mol. The normalized spacial score (nSPS) is 22.2. The molecule has 25 heavy (non-hydrogen) atoms. The van der Waals surface area contributed by atoms with E-state index < -0.39 is 0 Å². The maximum Gasteiger partial charge on any atom is 0.251 e. The number of benzene rings is 1. The third-order valence-corrected chi connectivity index (χ3v) is 5.91. The summed E-state index contributed by atoms with van der Waals surface area (Å²) in [5.41, 5.74) is 2.89. The average Bonchev–Trinajstić information content (AvgIpc) is 2.93. The van der Waals surface area contributed by atoms with E-state index in [1.165, 1.54) is 49.9 Å². The first-order chi connectivity index (χ1) is 12.2. The summed E-state index contributed by atoms with van der Waals surface area (Å²) in [6, 6.07) is 6.35. The molecule has 1 aliphatic heterocycles. The van der Waals surface area contributed by atoms with Crippen molar-refractivity contribution in [3.8, 4) is 0 Å². The van der Waals surface area contributed by atoms with Crippen LogP contribution < -0.4 is 5.32 Å². The summed E-state index contributed by atoms with van der Waals surface area (Å²) in [7, 11) is 0. The van der Waals surface area contributed by atoms with Gasteiger partial charge in [-0.05, 0) is 43.4 Å². The van der Waals surface area contributed by atoms with Gasteiger partial charge in [-0.15, -0.1) is 0 Å². The third-order valence-electron chi connectivity index (χ3n) is 5.91. The van der Waals surface area contributed by atoms with Crippen LogP contribution in [0, 0.1) is 5.92 Å². The van der Waals surface area contributed by atoms with Gasteiger partial charge in [-0.1, -0.05) is 39.0 Å². The topological polar surface area (TPSA) is 46.9 Å². The predicted molar refractivity (Wildman–Crippen MR) is 101 cm³/mol. The minimum atomic E-state index is 0.0619. The van der Waals surface area contributed by atoms with Crippen LogP contribution in [0.25, 0.3) is 11.0 Å². The van der Waals surface area contributed by atoms with E-state index in [-0.39, 0.29) is 5.91 Å². The molecule has 1 saturated carbocycles. The lowest BCUT2D eigenvalue weighted by Gasteiger charge is -2.21. The van der Waals surface area contributed by atoms with Gasteiger partial charge in [0.25, 0.3) is 5.91 Å². The van der Waals surface area contributed by atoms with Crippen molar-refractivity contribution in [1.82, 2.24) is 14.9 Å². The minimum Gasteiger partial charge on any atom is -0.349 e. The number of fused-ring (bicyclic) bond motifs is 3. The standard InChI is InChI=1S/C21H29N3O/c1-15-11-12-24-19-10-9-16(14-18(19)23-20(24)13-15)21(25)22-17-7-5-3-2-4-6-8-17/h9-10,14-15,17H,2-8,11-13H2,1H3,(H,22,25). The van der Waals surface area contributed by atoms with Crippen molar-refractivity contribution in [3.63, 3.8) is 0 Å². The fourth-order valence-electron chi connectivity index (χ4n) is 4.36. The number of carbonyl (C=O) groups excluding carboxylic acids is 1. The number of imidazole rings is 1. The van der Waals surface area contributed by atoms with Gasteiger partial charge in [0.15, 0.2) is 0 Å². The van der Waals surface area contributed by atoms with E-state index >= 15 is 0 Å². The average molecular weight is 339 g/mol. The molecular weight excluding hydrogens is 310 g/mol. The second-order valence-corrected chi connectivity index (χ2v) is 8.00. The Morgan fingerprint density at radius 2 is 1.88 bits per heavy atom. The molecule has 0 radical (unpaired) electrons. The molecule has 0 saturated heterocycles. The van der Waals surface area contributed by atoms with E-state index in [0.29, 0.717) is 12.0 Å². The molecule has 1 N–H and O–H groups in total. The number of hydrogen-bond acceptors (Lipinski definition) is 2. The van der Waals surface area contributed by atoms with Gasteiger partial charge >= 0.3 is 0 Å². The Bertz CT molecular complexity index is 756. The highest BCUT2D eigenvalue weighted by molar-refractivity contribution is 5.97. The van der Waals surface area contributed by atoms with E-state index in [2.05, 4.69) is 22.9 Å².